The Kier molecular flexibility index (Phi) is 4.36. The summed E-state index contributed by atoms with van der Waals surface area (Å²) >= 11 is 5.62. The zero-order valence-corrected chi connectivity index (χ0v) is 9.48. The van der Waals surface area contributed by atoms with E-state index in [4.69, 9.17) is 11.1 Å². The van der Waals surface area contributed by atoms with Gasteiger partial charge >= 0.3 is 0 Å². The van der Waals surface area contributed by atoms with E-state index in [1.165, 1.54) is 11.1 Å². The first-order chi connectivity index (χ1) is 5.83. The van der Waals surface area contributed by atoms with Crippen LogP contribution in [-0.2, 0) is 6.42 Å². The van der Waals surface area contributed by atoms with Gasteiger partial charge in [0.25, 0.3) is 0 Å². The molecular weight excluding hydrogens is 186 g/mol. The van der Waals surface area contributed by atoms with Gasteiger partial charge in [-0.15, -0.1) is 0 Å². The Labute approximate surface area is 80.7 Å². The molecule has 0 aromatic heterocycles. The Morgan fingerprint density at radius 3 is 2.58 bits per heavy atom. The number of halogens is 1. The van der Waals surface area contributed by atoms with E-state index in [-0.39, 0.29) is 0 Å². The van der Waals surface area contributed by atoms with Crippen LogP contribution in [0.5, 0.6) is 0 Å². The van der Waals surface area contributed by atoms with E-state index in [1.807, 2.05) is 0 Å². The van der Waals surface area contributed by atoms with E-state index in [2.05, 4.69) is 36.2 Å². The van der Waals surface area contributed by atoms with Gasteiger partial charge in [0, 0.05) is 0 Å². The zero-order chi connectivity index (χ0) is 8.81. The smallest absolute Gasteiger partial charge is 0.195 e. The van der Waals surface area contributed by atoms with Crippen molar-refractivity contribution < 1.29 is 0 Å². The number of hydrogen-bond donors (Lipinski definition) is 1. The van der Waals surface area contributed by atoms with Gasteiger partial charge in [-0.3, -0.25) is 0 Å². The molecule has 1 aromatic carbocycles. The van der Waals surface area contributed by atoms with E-state index < -0.39 is 8.99 Å². The minimum absolute atomic E-state index is 0.487. The van der Waals surface area contributed by atoms with Crippen LogP contribution in [0.1, 0.15) is 11.1 Å². The number of aryl methyl sites for hydroxylation is 1. The van der Waals surface area contributed by atoms with E-state index >= 15 is 0 Å². The van der Waals surface area contributed by atoms with Crippen LogP contribution in [0.4, 0.5) is 0 Å². The van der Waals surface area contributed by atoms with E-state index in [1.54, 1.807) is 0 Å². The second kappa shape index (κ2) is 5.35. The molecule has 0 spiro atoms. The molecule has 0 atom stereocenters. The topological polar surface area (TPSA) is 12.0 Å². The van der Waals surface area contributed by atoms with Crippen molar-refractivity contribution in [1.29, 1.82) is 0 Å². The van der Waals surface area contributed by atoms with E-state index in [0.29, 0.717) is 0 Å². The predicted octanol–water partition coefficient (Wildman–Crippen LogP) is 1.36. The molecule has 1 nitrogen and oxygen atoms in total. The lowest BCUT2D eigenvalue weighted by molar-refractivity contribution is 0.895. The molecule has 0 aliphatic rings. The summed E-state index contributed by atoms with van der Waals surface area (Å²) in [5.41, 5.74) is 2.70. The molecule has 66 valence electrons. The monoisotopic (exact) mass is 199 g/mol. The van der Waals surface area contributed by atoms with Crippen LogP contribution in [0, 0.1) is 6.92 Å². The summed E-state index contributed by atoms with van der Waals surface area (Å²) in [5, 5.41) is 0. The summed E-state index contributed by atoms with van der Waals surface area (Å²) in [7, 11) is -0.487. The predicted molar refractivity (Wildman–Crippen MR) is 57.3 cm³/mol. The SMILES string of the molecule is Cc1ccc(CCN[SiH2]Cl)cc1. The molecule has 0 saturated carbocycles. The molecule has 1 rings (SSSR count). The first kappa shape index (κ1) is 9.77. The fraction of sp³-hybridized carbons (Fsp3) is 0.333. The average molecular weight is 200 g/mol. The fourth-order valence-electron chi connectivity index (χ4n) is 1.05. The molecule has 0 aliphatic heterocycles. The van der Waals surface area contributed by atoms with Crippen molar-refractivity contribution in [2.45, 2.75) is 13.3 Å². The summed E-state index contributed by atoms with van der Waals surface area (Å²) in [5.74, 6) is 0. The highest BCUT2D eigenvalue weighted by atomic mass is 35.6. The zero-order valence-electron chi connectivity index (χ0n) is 7.31. The maximum absolute atomic E-state index is 5.62. The molecule has 0 amide bonds. The summed E-state index contributed by atoms with van der Waals surface area (Å²) in [4.78, 5) is 3.22. The van der Waals surface area contributed by atoms with Gasteiger partial charge in [0.2, 0.25) is 0 Å². The maximum Gasteiger partial charge on any atom is 0.195 e. The third kappa shape index (κ3) is 3.39. The molecule has 0 heterocycles. The van der Waals surface area contributed by atoms with Crippen LogP contribution in [0.3, 0.4) is 0 Å². The van der Waals surface area contributed by atoms with Gasteiger partial charge in [-0.1, -0.05) is 29.8 Å². The van der Waals surface area contributed by atoms with Crippen LogP contribution in [-0.4, -0.2) is 15.5 Å². The number of hydrogen-bond acceptors (Lipinski definition) is 1. The summed E-state index contributed by atoms with van der Waals surface area (Å²) in [6.45, 7) is 3.12. The highest BCUT2D eigenvalue weighted by molar-refractivity contribution is 6.92. The van der Waals surface area contributed by atoms with Crippen molar-refractivity contribution in [1.82, 2.24) is 4.98 Å². The first-order valence-corrected chi connectivity index (χ1v) is 6.99. The van der Waals surface area contributed by atoms with Gasteiger partial charge < -0.3 is 4.98 Å². The minimum Gasteiger partial charge on any atom is -0.330 e. The Morgan fingerprint density at radius 1 is 1.33 bits per heavy atom. The molecule has 0 unspecified atom stereocenters. The molecule has 12 heavy (non-hydrogen) atoms. The second-order valence-corrected chi connectivity index (χ2v) is 4.44. The van der Waals surface area contributed by atoms with E-state index in [9.17, 15) is 0 Å². The van der Waals surface area contributed by atoms with Gasteiger partial charge in [0.15, 0.2) is 8.99 Å². The third-order valence-corrected chi connectivity index (χ3v) is 2.92. The number of nitrogens with one attached hydrogen (secondary N) is 1. The lowest BCUT2D eigenvalue weighted by Gasteiger charge is -2.01. The van der Waals surface area contributed by atoms with Crippen molar-refractivity contribution in [3.63, 3.8) is 0 Å². The van der Waals surface area contributed by atoms with Crippen LogP contribution in [0.2, 0.25) is 0 Å². The molecule has 1 aromatic rings. The van der Waals surface area contributed by atoms with Crippen molar-refractivity contribution in [2.24, 2.45) is 0 Å². The minimum atomic E-state index is -0.487. The molecule has 0 radical (unpaired) electrons. The molecule has 0 fully saturated rings. The standard InChI is InChI=1S/C9H14ClNSi/c1-8-2-4-9(5-3-8)6-7-11-12-10/h2-5,11H,6-7,12H2,1H3. The average Bonchev–Trinajstić information content (AvgIpc) is 2.09. The lowest BCUT2D eigenvalue weighted by atomic mass is 10.1. The highest BCUT2D eigenvalue weighted by Crippen LogP contribution is 2.02. The summed E-state index contributed by atoms with van der Waals surface area (Å²) < 4.78 is 0. The van der Waals surface area contributed by atoms with Crippen molar-refractivity contribution in [3.8, 4) is 0 Å². The van der Waals surface area contributed by atoms with Gasteiger partial charge in [-0.2, -0.15) is 11.1 Å². The van der Waals surface area contributed by atoms with Gasteiger partial charge in [0.05, 0.1) is 0 Å². The second-order valence-electron chi connectivity index (χ2n) is 2.87. The Balaban J connectivity index is 2.37. The third-order valence-electron chi connectivity index (χ3n) is 1.81. The van der Waals surface area contributed by atoms with Crippen LogP contribution in [0.15, 0.2) is 24.3 Å². The number of rotatable bonds is 4. The Hall–Kier alpha value is -0.313. The van der Waals surface area contributed by atoms with Gasteiger partial charge in [-0.25, -0.2) is 0 Å². The molecule has 0 saturated heterocycles. The highest BCUT2D eigenvalue weighted by Gasteiger charge is 1.91. The summed E-state index contributed by atoms with van der Waals surface area (Å²) in [6, 6.07) is 8.64. The first-order valence-electron chi connectivity index (χ1n) is 4.15. The quantitative estimate of drug-likeness (QED) is 0.439. The molecule has 1 N–H and O–H groups in total. The molecule has 0 bridgehead atoms. The van der Waals surface area contributed by atoms with Crippen LogP contribution < -0.4 is 4.98 Å². The largest absolute Gasteiger partial charge is 0.330 e. The molecular formula is C9H14ClNSi. The van der Waals surface area contributed by atoms with Crippen molar-refractivity contribution in [3.05, 3.63) is 35.4 Å². The molecule has 0 aliphatic carbocycles. The maximum atomic E-state index is 5.62. The van der Waals surface area contributed by atoms with Gasteiger partial charge in [-0.05, 0) is 25.5 Å². The molecule has 3 heteroatoms. The lowest BCUT2D eigenvalue weighted by Crippen LogP contribution is -2.17. The van der Waals surface area contributed by atoms with Crippen LogP contribution in [0.25, 0.3) is 0 Å². The number of benzene rings is 1. The normalized spacial score (nSPS) is 11.2. The van der Waals surface area contributed by atoms with Crippen molar-refractivity contribution >= 4 is 20.1 Å². The van der Waals surface area contributed by atoms with Crippen LogP contribution >= 0.6 is 11.1 Å². The summed E-state index contributed by atoms with van der Waals surface area (Å²) in [6.07, 6.45) is 1.08. The Bertz CT molecular complexity index is 222. The fourth-order valence-corrected chi connectivity index (χ4v) is 1.77. The van der Waals surface area contributed by atoms with E-state index in [0.717, 1.165) is 13.0 Å². The van der Waals surface area contributed by atoms with Crippen molar-refractivity contribution in [2.75, 3.05) is 6.54 Å². The van der Waals surface area contributed by atoms with Gasteiger partial charge in [0.1, 0.15) is 0 Å². The Morgan fingerprint density at radius 2 is 2.00 bits per heavy atom.